The van der Waals surface area contributed by atoms with Crippen LogP contribution in [0.25, 0.3) is 0 Å². The quantitative estimate of drug-likeness (QED) is 0.764. The van der Waals surface area contributed by atoms with E-state index in [2.05, 4.69) is 15.3 Å². The molecule has 1 aromatic carbocycles. The second-order valence-electron chi connectivity index (χ2n) is 5.69. The molecule has 1 amide bonds. The molecule has 1 aromatic heterocycles. The van der Waals surface area contributed by atoms with Crippen LogP contribution >= 0.6 is 11.6 Å². The average Bonchev–Trinajstić information content (AvgIpc) is 2.59. The molecule has 138 valence electrons. The van der Waals surface area contributed by atoms with Gasteiger partial charge in [-0.3, -0.25) is 4.79 Å². The highest BCUT2D eigenvalue weighted by Crippen LogP contribution is 2.17. The number of carbonyl (C=O) groups is 2. The first-order chi connectivity index (χ1) is 12.3. The van der Waals surface area contributed by atoms with Gasteiger partial charge in [-0.15, -0.1) is 0 Å². The number of nitrogens with one attached hydrogen (secondary N) is 1. The second-order valence-corrected chi connectivity index (χ2v) is 6.10. The molecule has 26 heavy (non-hydrogen) atoms. The Bertz CT molecular complexity index is 799. The minimum absolute atomic E-state index is 0.00704. The fourth-order valence-electron chi connectivity index (χ4n) is 1.94. The molecule has 2 aromatic rings. The predicted molar refractivity (Wildman–Crippen MR) is 91.9 cm³/mol. The summed E-state index contributed by atoms with van der Waals surface area (Å²) in [6.45, 7) is 3.40. The van der Waals surface area contributed by atoms with Crippen molar-refractivity contribution in [2.45, 2.75) is 25.9 Å². The topological polar surface area (TPSA) is 101 Å². The van der Waals surface area contributed by atoms with E-state index in [4.69, 9.17) is 16.3 Å². The summed E-state index contributed by atoms with van der Waals surface area (Å²) >= 11 is 5.95. The number of halogens is 2. The standard InChI is InChI=1S/C17H17ClFN3O4/c1-9(2)15-20-7-12(18)14(22-15)16(23)21-8-13(17(24)25)26-11-5-3-10(19)4-6-11/h3-7,9,13H,8H2,1-2H3,(H,21,23)(H,24,25). The Hall–Kier alpha value is -2.74. The molecule has 0 aliphatic rings. The van der Waals surface area contributed by atoms with E-state index in [0.717, 1.165) is 12.1 Å². The van der Waals surface area contributed by atoms with Gasteiger partial charge in [-0.2, -0.15) is 0 Å². The van der Waals surface area contributed by atoms with Crippen molar-refractivity contribution in [3.05, 3.63) is 52.8 Å². The van der Waals surface area contributed by atoms with E-state index < -0.39 is 23.8 Å². The van der Waals surface area contributed by atoms with Gasteiger partial charge in [0.2, 0.25) is 6.10 Å². The van der Waals surface area contributed by atoms with E-state index in [1.807, 2.05) is 13.8 Å². The number of rotatable bonds is 7. The van der Waals surface area contributed by atoms with Crippen LogP contribution in [0.3, 0.4) is 0 Å². The van der Waals surface area contributed by atoms with Gasteiger partial charge >= 0.3 is 5.97 Å². The van der Waals surface area contributed by atoms with Crippen LogP contribution in [0.5, 0.6) is 5.75 Å². The van der Waals surface area contributed by atoms with Gasteiger partial charge < -0.3 is 15.2 Å². The van der Waals surface area contributed by atoms with E-state index in [-0.39, 0.29) is 28.9 Å². The molecule has 0 spiro atoms. The number of carboxylic acids is 1. The zero-order chi connectivity index (χ0) is 19.3. The number of hydrogen-bond donors (Lipinski definition) is 2. The van der Waals surface area contributed by atoms with Crippen LogP contribution in [-0.4, -0.2) is 39.6 Å². The lowest BCUT2D eigenvalue weighted by Crippen LogP contribution is -2.40. The van der Waals surface area contributed by atoms with Crippen LogP contribution in [0.1, 0.15) is 36.1 Å². The second kappa shape index (κ2) is 8.57. The lowest BCUT2D eigenvalue weighted by Gasteiger charge is -2.16. The number of aromatic nitrogens is 2. The van der Waals surface area contributed by atoms with Gasteiger partial charge in [0.25, 0.3) is 5.91 Å². The Morgan fingerprint density at radius 3 is 2.54 bits per heavy atom. The number of amides is 1. The summed E-state index contributed by atoms with van der Waals surface area (Å²) in [5, 5.41) is 11.7. The molecule has 0 fully saturated rings. The van der Waals surface area contributed by atoms with E-state index in [0.29, 0.717) is 5.82 Å². The van der Waals surface area contributed by atoms with Crippen molar-refractivity contribution in [1.82, 2.24) is 15.3 Å². The lowest BCUT2D eigenvalue weighted by molar-refractivity contribution is -0.144. The minimum atomic E-state index is -1.37. The molecule has 7 nitrogen and oxygen atoms in total. The monoisotopic (exact) mass is 381 g/mol. The fraction of sp³-hybridized carbons (Fsp3) is 0.294. The number of aliphatic carboxylic acids is 1. The van der Waals surface area contributed by atoms with E-state index in [1.165, 1.54) is 18.3 Å². The lowest BCUT2D eigenvalue weighted by atomic mass is 10.2. The molecule has 1 atom stereocenters. The summed E-state index contributed by atoms with van der Waals surface area (Å²) in [7, 11) is 0. The molecule has 9 heteroatoms. The Morgan fingerprint density at radius 1 is 1.31 bits per heavy atom. The van der Waals surface area contributed by atoms with Gasteiger partial charge in [-0.05, 0) is 24.3 Å². The van der Waals surface area contributed by atoms with Crippen molar-refractivity contribution in [2.24, 2.45) is 0 Å². The van der Waals surface area contributed by atoms with Gasteiger partial charge in [0.05, 0.1) is 17.8 Å². The first-order valence-electron chi connectivity index (χ1n) is 7.73. The number of hydrogen-bond acceptors (Lipinski definition) is 5. The fourth-order valence-corrected chi connectivity index (χ4v) is 2.12. The third kappa shape index (κ3) is 5.13. The molecule has 1 unspecified atom stereocenters. The Kier molecular flexibility index (Phi) is 6.46. The van der Waals surface area contributed by atoms with Gasteiger partial charge in [0.15, 0.2) is 0 Å². The van der Waals surface area contributed by atoms with Crippen LogP contribution < -0.4 is 10.1 Å². The summed E-state index contributed by atoms with van der Waals surface area (Å²) in [6, 6.07) is 4.87. The third-order valence-corrected chi connectivity index (χ3v) is 3.59. The third-order valence-electron chi connectivity index (χ3n) is 3.31. The number of carbonyl (C=O) groups excluding carboxylic acids is 1. The molecule has 0 bridgehead atoms. The highest BCUT2D eigenvalue weighted by atomic mass is 35.5. The molecule has 0 aliphatic heterocycles. The molecule has 0 saturated heterocycles. The Labute approximate surface area is 154 Å². The number of nitrogens with zero attached hydrogens (tertiary/aromatic N) is 2. The highest BCUT2D eigenvalue weighted by Gasteiger charge is 2.22. The minimum Gasteiger partial charge on any atom is -0.478 e. The maximum absolute atomic E-state index is 12.9. The molecule has 0 aliphatic carbocycles. The van der Waals surface area contributed by atoms with Crippen molar-refractivity contribution >= 4 is 23.5 Å². The van der Waals surface area contributed by atoms with Crippen LogP contribution in [0.2, 0.25) is 5.02 Å². The van der Waals surface area contributed by atoms with Gasteiger partial charge in [0.1, 0.15) is 23.1 Å². The van der Waals surface area contributed by atoms with Gasteiger partial charge in [-0.1, -0.05) is 25.4 Å². The van der Waals surface area contributed by atoms with Gasteiger partial charge in [0, 0.05) is 5.92 Å². The maximum atomic E-state index is 12.9. The van der Waals surface area contributed by atoms with E-state index in [9.17, 15) is 19.1 Å². The summed E-state index contributed by atoms with van der Waals surface area (Å²) < 4.78 is 18.2. The highest BCUT2D eigenvalue weighted by molar-refractivity contribution is 6.33. The zero-order valence-electron chi connectivity index (χ0n) is 14.1. The van der Waals surface area contributed by atoms with Crippen LogP contribution in [0.15, 0.2) is 30.5 Å². The van der Waals surface area contributed by atoms with E-state index >= 15 is 0 Å². The first kappa shape index (κ1) is 19.6. The molecule has 0 radical (unpaired) electrons. The zero-order valence-corrected chi connectivity index (χ0v) is 14.8. The molecule has 1 heterocycles. The summed E-state index contributed by atoms with van der Waals surface area (Å²) in [5.74, 6) is -1.81. The van der Waals surface area contributed by atoms with Crippen LogP contribution in [0.4, 0.5) is 4.39 Å². The largest absolute Gasteiger partial charge is 0.478 e. The van der Waals surface area contributed by atoms with Gasteiger partial charge in [-0.25, -0.2) is 19.2 Å². The van der Waals surface area contributed by atoms with Crippen molar-refractivity contribution in [1.29, 1.82) is 0 Å². The Balaban J connectivity index is 2.06. The average molecular weight is 382 g/mol. The molecule has 2 rings (SSSR count). The smallest absolute Gasteiger partial charge is 0.346 e. The first-order valence-corrected chi connectivity index (χ1v) is 8.11. The molecular formula is C17H17ClFN3O4. The van der Waals surface area contributed by atoms with Crippen molar-refractivity contribution in [2.75, 3.05) is 6.54 Å². The number of carboxylic acid groups (broad SMARTS) is 1. The van der Waals surface area contributed by atoms with E-state index in [1.54, 1.807) is 0 Å². The van der Waals surface area contributed by atoms with Crippen molar-refractivity contribution in [3.8, 4) is 5.75 Å². The van der Waals surface area contributed by atoms with Crippen molar-refractivity contribution < 1.29 is 23.8 Å². The summed E-state index contributed by atoms with van der Waals surface area (Å²) in [5.41, 5.74) is -0.0451. The van der Waals surface area contributed by atoms with Crippen molar-refractivity contribution in [3.63, 3.8) is 0 Å². The molecule has 2 N–H and O–H groups in total. The summed E-state index contributed by atoms with van der Waals surface area (Å²) in [6.07, 6.45) is -0.0442. The Morgan fingerprint density at radius 2 is 1.96 bits per heavy atom. The van der Waals surface area contributed by atoms with Crippen LogP contribution in [-0.2, 0) is 4.79 Å². The maximum Gasteiger partial charge on any atom is 0.346 e. The normalized spacial score (nSPS) is 11.9. The van der Waals surface area contributed by atoms with Crippen LogP contribution in [0, 0.1) is 5.82 Å². The SMILES string of the molecule is CC(C)c1ncc(Cl)c(C(=O)NCC(Oc2ccc(F)cc2)C(=O)O)n1. The number of ether oxygens (including phenoxy) is 1. The number of benzene rings is 1. The molecular weight excluding hydrogens is 365 g/mol. The molecule has 0 saturated carbocycles. The summed E-state index contributed by atoms with van der Waals surface area (Å²) in [4.78, 5) is 31.7. The predicted octanol–water partition coefficient (Wildman–Crippen LogP) is 2.65.